The molecule has 0 aromatic heterocycles. The summed E-state index contributed by atoms with van der Waals surface area (Å²) in [5.74, 6) is 0.313. The van der Waals surface area contributed by atoms with E-state index in [1.165, 1.54) is 36.8 Å². The highest BCUT2D eigenvalue weighted by atomic mass is 16.3. The van der Waals surface area contributed by atoms with Crippen molar-refractivity contribution >= 4 is 11.4 Å². The van der Waals surface area contributed by atoms with Crippen LogP contribution in [0.4, 0.5) is 11.4 Å². The molecule has 0 atom stereocenters. The summed E-state index contributed by atoms with van der Waals surface area (Å²) in [6.45, 7) is 4.20. The molecule has 3 rings (SSSR count). The van der Waals surface area contributed by atoms with Crippen molar-refractivity contribution in [1.82, 2.24) is 10.6 Å². The number of para-hydroxylation sites is 1. The zero-order valence-electron chi connectivity index (χ0n) is 20.0. The van der Waals surface area contributed by atoms with E-state index >= 15 is 0 Å². The molecule has 0 radical (unpaired) electrons. The monoisotopic (exact) mass is 445 g/mol. The van der Waals surface area contributed by atoms with E-state index in [1.807, 2.05) is 36.2 Å². The van der Waals surface area contributed by atoms with Gasteiger partial charge in [-0.2, -0.15) is 0 Å². The van der Waals surface area contributed by atoms with Crippen molar-refractivity contribution in [3.05, 3.63) is 90.0 Å². The first kappa shape index (κ1) is 24.8. The predicted octanol–water partition coefficient (Wildman–Crippen LogP) is 5.68. The molecule has 0 fully saturated rings. The van der Waals surface area contributed by atoms with Crippen molar-refractivity contribution in [2.24, 2.45) is 0 Å². The maximum absolute atomic E-state index is 10.3. The Morgan fingerprint density at radius 3 is 1.85 bits per heavy atom. The maximum Gasteiger partial charge on any atom is 0.139 e. The highest BCUT2D eigenvalue weighted by Crippen LogP contribution is 2.32. The van der Waals surface area contributed by atoms with Gasteiger partial charge in [0.2, 0.25) is 0 Å². The van der Waals surface area contributed by atoms with Crippen LogP contribution in [-0.2, 0) is 12.8 Å². The second-order valence-electron chi connectivity index (χ2n) is 8.62. The van der Waals surface area contributed by atoms with Gasteiger partial charge in [0.15, 0.2) is 0 Å². The second-order valence-corrected chi connectivity index (χ2v) is 8.62. The van der Waals surface area contributed by atoms with Crippen LogP contribution in [-0.4, -0.2) is 38.3 Å². The van der Waals surface area contributed by atoms with E-state index in [4.69, 9.17) is 0 Å². The SMILES string of the molecule is CN(c1ccccc1)c1cc(CCNCCCCCCNCCc2ccccc2)ccc1O. The van der Waals surface area contributed by atoms with E-state index in [9.17, 15) is 5.11 Å². The third-order valence-electron chi connectivity index (χ3n) is 6.03. The Hall–Kier alpha value is -2.82. The van der Waals surface area contributed by atoms with Gasteiger partial charge in [-0.25, -0.2) is 0 Å². The van der Waals surface area contributed by atoms with Gasteiger partial charge in [0.05, 0.1) is 5.69 Å². The Bertz CT molecular complexity index is 915. The second kappa shape index (κ2) is 14.4. The molecule has 3 N–H and O–H groups in total. The van der Waals surface area contributed by atoms with E-state index in [0.29, 0.717) is 5.75 Å². The summed E-state index contributed by atoms with van der Waals surface area (Å²) in [5.41, 5.74) is 4.55. The van der Waals surface area contributed by atoms with Crippen LogP contribution in [0, 0.1) is 0 Å². The molecule has 0 aliphatic carbocycles. The van der Waals surface area contributed by atoms with Crippen LogP contribution in [0.15, 0.2) is 78.9 Å². The van der Waals surface area contributed by atoms with Gasteiger partial charge in [-0.15, -0.1) is 0 Å². The van der Waals surface area contributed by atoms with Crippen molar-refractivity contribution in [1.29, 1.82) is 0 Å². The molecular weight excluding hydrogens is 406 g/mol. The topological polar surface area (TPSA) is 47.5 Å². The number of aromatic hydroxyl groups is 1. The fourth-order valence-electron chi connectivity index (χ4n) is 4.00. The highest BCUT2D eigenvalue weighted by molar-refractivity contribution is 5.68. The third-order valence-corrected chi connectivity index (χ3v) is 6.03. The van der Waals surface area contributed by atoms with Crippen LogP contribution in [0.2, 0.25) is 0 Å². The molecule has 33 heavy (non-hydrogen) atoms. The first-order valence-electron chi connectivity index (χ1n) is 12.3. The lowest BCUT2D eigenvalue weighted by atomic mass is 10.1. The number of benzene rings is 3. The van der Waals surface area contributed by atoms with E-state index in [1.54, 1.807) is 6.07 Å². The molecule has 3 aromatic rings. The number of phenolic OH excluding ortho intramolecular Hbond substituents is 1. The van der Waals surface area contributed by atoms with Crippen LogP contribution < -0.4 is 15.5 Å². The molecule has 0 saturated heterocycles. The van der Waals surface area contributed by atoms with Crippen molar-refractivity contribution in [3.63, 3.8) is 0 Å². The molecule has 0 saturated carbocycles. The minimum absolute atomic E-state index is 0.313. The number of nitrogens with one attached hydrogen (secondary N) is 2. The molecular formula is C29H39N3O. The summed E-state index contributed by atoms with van der Waals surface area (Å²) in [4.78, 5) is 2.03. The number of unbranched alkanes of at least 4 members (excludes halogenated alkanes) is 3. The average molecular weight is 446 g/mol. The van der Waals surface area contributed by atoms with Crippen LogP contribution >= 0.6 is 0 Å². The molecule has 4 nitrogen and oxygen atoms in total. The summed E-state index contributed by atoms with van der Waals surface area (Å²) in [6.07, 6.45) is 7.10. The number of anilines is 2. The zero-order chi connectivity index (χ0) is 23.1. The van der Waals surface area contributed by atoms with Gasteiger partial charge in [0, 0.05) is 12.7 Å². The van der Waals surface area contributed by atoms with E-state index in [0.717, 1.165) is 50.4 Å². The maximum atomic E-state index is 10.3. The normalized spacial score (nSPS) is 10.9. The van der Waals surface area contributed by atoms with Gasteiger partial charge in [-0.1, -0.05) is 67.4 Å². The average Bonchev–Trinajstić information content (AvgIpc) is 2.86. The minimum Gasteiger partial charge on any atom is -0.506 e. The van der Waals surface area contributed by atoms with E-state index in [2.05, 4.69) is 59.2 Å². The fraction of sp³-hybridized carbons (Fsp3) is 0.379. The zero-order valence-corrected chi connectivity index (χ0v) is 20.0. The van der Waals surface area contributed by atoms with Crippen molar-refractivity contribution in [2.45, 2.75) is 38.5 Å². The van der Waals surface area contributed by atoms with Crippen LogP contribution in [0.25, 0.3) is 0 Å². The quantitative estimate of drug-likeness (QED) is 0.263. The third kappa shape index (κ3) is 8.91. The van der Waals surface area contributed by atoms with E-state index < -0.39 is 0 Å². The first-order valence-corrected chi connectivity index (χ1v) is 12.3. The number of rotatable bonds is 15. The van der Waals surface area contributed by atoms with Crippen LogP contribution in [0.5, 0.6) is 5.75 Å². The highest BCUT2D eigenvalue weighted by Gasteiger charge is 2.09. The van der Waals surface area contributed by atoms with E-state index in [-0.39, 0.29) is 0 Å². The first-order chi connectivity index (χ1) is 16.2. The summed E-state index contributed by atoms with van der Waals surface area (Å²) in [5, 5.41) is 17.4. The van der Waals surface area contributed by atoms with Gasteiger partial charge >= 0.3 is 0 Å². The lowest BCUT2D eigenvalue weighted by molar-refractivity contribution is 0.476. The van der Waals surface area contributed by atoms with Gasteiger partial charge in [-0.3, -0.25) is 0 Å². The number of hydrogen-bond acceptors (Lipinski definition) is 4. The van der Waals surface area contributed by atoms with Crippen molar-refractivity contribution in [3.8, 4) is 5.75 Å². The fourth-order valence-corrected chi connectivity index (χ4v) is 4.00. The Morgan fingerprint density at radius 2 is 1.21 bits per heavy atom. The Balaban J connectivity index is 1.23. The number of phenols is 1. The molecule has 4 heteroatoms. The molecule has 0 spiro atoms. The van der Waals surface area contributed by atoms with Gasteiger partial charge in [0.25, 0.3) is 0 Å². The van der Waals surface area contributed by atoms with Gasteiger partial charge < -0.3 is 20.6 Å². The molecule has 176 valence electrons. The standard InChI is InChI=1S/C29H39N3O/c1-32(27-14-8-5-9-15-27)28-24-26(16-17-29(28)33)19-23-31-21-11-3-2-10-20-30-22-18-25-12-6-4-7-13-25/h4-9,12-17,24,30-31,33H,2-3,10-11,18-23H2,1H3. The number of nitrogens with zero attached hydrogens (tertiary/aromatic N) is 1. The summed E-state index contributed by atoms with van der Waals surface area (Å²) in [6, 6.07) is 26.7. The Kier molecular flexibility index (Phi) is 10.8. The Labute approximate surface area is 199 Å². The molecule has 0 bridgehead atoms. The van der Waals surface area contributed by atoms with Crippen LogP contribution in [0.1, 0.15) is 36.8 Å². The number of hydrogen-bond donors (Lipinski definition) is 3. The molecule has 0 aliphatic heterocycles. The minimum atomic E-state index is 0.313. The van der Waals surface area contributed by atoms with Crippen molar-refractivity contribution in [2.75, 3.05) is 38.1 Å². The summed E-state index contributed by atoms with van der Waals surface area (Å²) >= 11 is 0. The van der Waals surface area contributed by atoms with Crippen molar-refractivity contribution < 1.29 is 5.11 Å². The predicted molar refractivity (Wildman–Crippen MR) is 141 cm³/mol. The van der Waals surface area contributed by atoms with Crippen LogP contribution in [0.3, 0.4) is 0 Å². The molecule has 0 aliphatic rings. The lowest BCUT2D eigenvalue weighted by Gasteiger charge is -2.21. The molecule has 0 unspecified atom stereocenters. The smallest absolute Gasteiger partial charge is 0.139 e. The van der Waals surface area contributed by atoms with Gasteiger partial charge in [-0.05, 0) is 87.3 Å². The molecule has 3 aromatic carbocycles. The lowest BCUT2D eigenvalue weighted by Crippen LogP contribution is -2.19. The molecule has 0 heterocycles. The summed E-state index contributed by atoms with van der Waals surface area (Å²) < 4.78 is 0. The molecule has 0 amide bonds. The van der Waals surface area contributed by atoms with Gasteiger partial charge in [0.1, 0.15) is 5.75 Å². The summed E-state index contributed by atoms with van der Waals surface area (Å²) in [7, 11) is 1.99. The largest absolute Gasteiger partial charge is 0.506 e. The Morgan fingerprint density at radius 1 is 0.636 bits per heavy atom.